The molecule has 0 atom stereocenters. The summed E-state index contributed by atoms with van der Waals surface area (Å²) >= 11 is 0. The van der Waals surface area contributed by atoms with E-state index in [2.05, 4.69) is 13.8 Å². The van der Waals surface area contributed by atoms with E-state index in [9.17, 15) is 4.79 Å². The number of carbonyl (C=O) groups excluding carboxylic acids is 1. The SMILES string of the molecule is CC(C)CCC1CCN(C(=O)CCN)CC1. The first kappa shape index (κ1) is 13.5. The van der Waals surface area contributed by atoms with Crippen molar-refractivity contribution < 1.29 is 4.79 Å². The third-order valence-corrected chi connectivity index (χ3v) is 3.48. The fourth-order valence-corrected chi connectivity index (χ4v) is 2.32. The van der Waals surface area contributed by atoms with Crippen LogP contribution in [-0.4, -0.2) is 30.4 Å². The van der Waals surface area contributed by atoms with Gasteiger partial charge in [-0.2, -0.15) is 0 Å². The first-order valence-electron chi connectivity index (χ1n) is 6.61. The highest BCUT2D eigenvalue weighted by molar-refractivity contribution is 5.76. The third kappa shape index (κ3) is 4.52. The predicted molar refractivity (Wildman–Crippen MR) is 67.0 cm³/mol. The molecule has 1 amide bonds. The van der Waals surface area contributed by atoms with Crippen molar-refractivity contribution in [3.8, 4) is 0 Å². The molecule has 0 radical (unpaired) electrons. The van der Waals surface area contributed by atoms with Gasteiger partial charge in [-0.3, -0.25) is 4.79 Å². The Morgan fingerprint density at radius 3 is 2.50 bits per heavy atom. The summed E-state index contributed by atoms with van der Waals surface area (Å²) in [4.78, 5) is 13.6. The van der Waals surface area contributed by atoms with Gasteiger partial charge in [-0.25, -0.2) is 0 Å². The van der Waals surface area contributed by atoms with Gasteiger partial charge in [-0.15, -0.1) is 0 Å². The van der Waals surface area contributed by atoms with Crippen LogP contribution in [0.4, 0.5) is 0 Å². The average molecular weight is 226 g/mol. The first-order chi connectivity index (χ1) is 7.63. The van der Waals surface area contributed by atoms with Crippen LogP contribution in [0.25, 0.3) is 0 Å². The van der Waals surface area contributed by atoms with E-state index in [1.807, 2.05) is 4.90 Å². The molecule has 0 aromatic carbocycles. The maximum Gasteiger partial charge on any atom is 0.223 e. The monoisotopic (exact) mass is 226 g/mol. The molecule has 3 nitrogen and oxygen atoms in total. The molecular formula is C13H26N2O. The van der Waals surface area contributed by atoms with E-state index in [0.29, 0.717) is 13.0 Å². The number of carbonyl (C=O) groups is 1. The molecule has 0 aromatic heterocycles. The van der Waals surface area contributed by atoms with E-state index < -0.39 is 0 Å². The molecule has 0 bridgehead atoms. The third-order valence-electron chi connectivity index (χ3n) is 3.48. The van der Waals surface area contributed by atoms with Crippen LogP contribution in [0.5, 0.6) is 0 Å². The lowest BCUT2D eigenvalue weighted by Crippen LogP contribution is -2.39. The Morgan fingerprint density at radius 1 is 1.38 bits per heavy atom. The zero-order chi connectivity index (χ0) is 12.0. The van der Waals surface area contributed by atoms with Gasteiger partial charge in [0.05, 0.1) is 0 Å². The largest absolute Gasteiger partial charge is 0.343 e. The number of hydrogen-bond acceptors (Lipinski definition) is 2. The minimum atomic E-state index is 0.241. The van der Waals surface area contributed by atoms with Crippen LogP contribution >= 0.6 is 0 Å². The summed E-state index contributed by atoms with van der Waals surface area (Å²) in [5.41, 5.74) is 5.40. The summed E-state index contributed by atoms with van der Waals surface area (Å²) in [5, 5.41) is 0. The van der Waals surface area contributed by atoms with E-state index >= 15 is 0 Å². The fraction of sp³-hybridized carbons (Fsp3) is 0.923. The summed E-state index contributed by atoms with van der Waals surface area (Å²) in [6.45, 7) is 6.93. The van der Waals surface area contributed by atoms with E-state index in [4.69, 9.17) is 5.73 Å². The second-order valence-corrected chi connectivity index (χ2v) is 5.33. The van der Waals surface area contributed by atoms with Crippen LogP contribution in [0.1, 0.15) is 46.0 Å². The van der Waals surface area contributed by atoms with Crippen LogP contribution in [0.3, 0.4) is 0 Å². The van der Waals surface area contributed by atoms with Gasteiger partial charge in [0.25, 0.3) is 0 Å². The second kappa shape index (κ2) is 6.89. The number of amides is 1. The Bertz CT molecular complexity index is 208. The molecule has 94 valence electrons. The van der Waals surface area contributed by atoms with Crippen molar-refractivity contribution in [1.29, 1.82) is 0 Å². The van der Waals surface area contributed by atoms with Crippen molar-refractivity contribution in [2.24, 2.45) is 17.6 Å². The summed E-state index contributed by atoms with van der Waals surface area (Å²) in [7, 11) is 0. The number of piperidine rings is 1. The van der Waals surface area contributed by atoms with Gasteiger partial charge in [0.1, 0.15) is 0 Å². The smallest absolute Gasteiger partial charge is 0.223 e. The lowest BCUT2D eigenvalue weighted by Gasteiger charge is -2.32. The molecule has 1 fully saturated rings. The van der Waals surface area contributed by atoms with E-state index in [-0.39, 0.29) is 5.91 Å². The molecule has 1 aliphatic heterocycles. The van der Waals surface area contributed by atoms with E-state index in [1.165, 1.54) is 25.7 Å². The van der Waals surface area contributed by atoms with Gasteiger partial charge in [0, 0.05) is 26.1 Å². The van der Waals surface area contributed by atoms with E-state index in [1.54, 1.807) is 0 Å². The number of hydrogen-bond donors (Lipinski definition) is 1. The molecule has 0 spiro atoms. The maximum atomic E-state index is 11.6. The fourth-order valence-electron chi connectivity index (χ4n) is 2.32. The molecule has 1 rings (SSSR count). The normalized spacial score (nSPS) is 18.1. The highest BCUT2D eigenvalue weighted by atomic mass is 16.2. The minimum absolute atomic E-state index is 0.241. The lowest BCUT2D eigenvalue weighted by molar-refractivity contribution is -0.132. The quantitative estimate of drug-likeness (QED) is 0.779. The summed E-state index contributed by atoms with van der Waals surface area (Å²) < 4.78 is 0. The van der Waals surface area contributed by atoms with Crippen molar-refractivity contribution in [2.75, 3.05) is 19.6 Å². The van der Waals surface area contributed by atoms with E-state index in [0.717, 1.165) is 24.9 Å². The standard InChI is InChI=1S/C13H26N2O/c1-11(2)3-4-12-6-9-15(10-7-12)13(16)5-8-14/h11-12H,3-10,14H2,1-2H3. The number of nitrogens with zero attached hydrogens (tertiary/aromatic N) is 1. The summed E-state index contributed by atoms with van der Waals surface area (Å²) in [6, 6.07) is 0. The van der Waals surface area contributed by atoms with Gasteiger partial charge in [-0.1, -0.05) is 26.7 Å². The van der Waals surface area contributed by atoms with Crippen LogP contribution in [0, 0.1) is 11.8 Å². The van der Waals surface area contributed by atoms with Crippen LogP contribution in [0.2, 0.25) is 0 Å². The molecule has 16 heavy (non-hydrogen) atoms. The Balaban J connectivity index is 2.20. The van der Waals surface area contributed by atoms with Gasteiger partial charge in [-0.05, 0) is 24.7 Å². The van der Waals surface area contributed by atoms with Crippen LogP contribution < -0.4 is 5.73 Å². The molecule has 0 aliphatic carbocycles. The molecule has 0 saturated carbocycles. The molecule has 1 heterocycles. The molecule has 2 N–H and O–H groups in total. The molecule has 3 heteroatoms. The number of rotatable bonds is 5. The van der Waals surface area contributed by atoms with Crippen molar-refractivity contribution in [3.63, 3.8) is 0 Å². The number of likely N-dealkylation sites (tertiary alicyclic amines) is 1. The zero-order valence-electron chi connectivity index (χ0n) is 10.7. The maximum absolute atomic E-state index is 11.6. The molecule has 0 aromatic rings. The first-order valence-corrected chi connectivity index (χ1v) is 6.61. The number of nitrogens with two attached hydrogens (primary N) is 1. The lowest BCUT2D eigenvalue weighted by atomic mass is 9.89. The van der Waals surface area contributed by atoms with Crippen molar-refractivity contribution in [3.05, 3.63) is 0 Å². The average Bonchev–Trinajstić information content (AvgIpc) is 2.27. The summed E-state index contributed by atoms with van der Waals surface area (Å²) in [6.07, 6.45) is 5.53. The zero-order valence-corrected chi connectivity index (χ0v) is 10.7. The minimum Gasteiger partial charge on any atom is -0.343 e. The topological polar surface area (TPSA) is 46.3 Å². The van der Waals surface area contributed by atoms with Gasteiger partial charge in [0.2, 0.25) is 5.91 Å². The molecule has 0 unspecified atom stereocenters. The van der Waals surface area contributed by atoms with Crippen molar-refractivity contribution in [1.82, 2.24) is 4.90 Å². The highest BCUT2D eigenvalue weighted by Gasteiger charge is 2.21. The summed E-state index contributed by atoms with van der Waals surface area (Å²) in [5.74, 6) is 1.88. The Labute approximate surface area is 99.4 Å². The van der Waals surface area contributed by atoms with Crippen molar-refractivity contribution in [2.45, 2.75) is 46.0 Å². The highest BCUT2D eigenvalue weighted by Crippen LogP contribution is 2.23. The molecule has 1 aliphatic rings. The molecular weight excluding hydrogens is 200 g/mol. The predicted octanol–water partition coefficient (Wildman–Crippen LogP) is 2.01. The van der Waals surface area contributed by atoms with Gasteiger partial charge < -0.3 is 10.6 Å². The van der Waals surface area contributed by atoms with Crippen LogP contribution in [0.15, 0.2) is 0 Å². The Hall–Kier alpha value is -0.570. The van der Waals surface area contributed by atoms with Crippen LogP contribution in [-0.2, 0) is 4.79 Å². The molecule has 1 saturated heterocycles. The Morgan fingerprint density at radius 2 is 2.00 bits per heavy atom. The Kier molecular flexibility index (Phi) is 5.81. The van der Waals surface area contributed by atoms with Gasteiger partial charge in [0.15, 0.2) is 0 Å². The van der Waals surface area contributed by atoms with Gasteiger partial charge >= 0.3 is 0 Å². The van der Waals surface area contributed by atoms with Crippen molar-refractivity contribution >= 4 is 5.91 Å². The second-order valence-electron chi connectivity index (χ2n) is 5.33.